The first kappa shape index (κ1) is 18.8. The van der Waals surface area contributed by atoms with Crippen LogP contribution in [0.5, 0.6) is 5.75 Å². The zero-order valence-corrected chi connectivity index (χ0v) is 15.1. The molecule has 1 aromatic heterocycles. The van der Waals surface area contributed by atoms with Crippen molar-refractivity contribution in [1.82, 2.24) is 15.1 Å². The molecule has 0 bridgehead atoms. The monoisotopic (exact) mass is 365 g/mol. The van der Waals surface area contributed by atoms with Crippen LogP contribution in [0.25, 0.3) is 0 Å². The van der Waals surface area contributed by atoms with Gasteiger partial charge < -0.3 is 14.8 Å². The van der Waals surface area contributed by atoms with Crippen molar-refractivity contribution >= 4 is 23.5 Å². The number of nitrogens with zero attached hydrogens (tertiary/aromatic N) is 2. The fourth-order valence-corrected chi connectivity index (χ4v) is 2.43. The Labute approximate surface area is 150 Å². The fourth-order valence-electron chi connectivity index (χ4n) is 2.18. The SMILES string of the molecule is Cc1cccc(OCCNC(=O)COC(=O)c2c(C)nn(C)c2Cl)c1. The van der Waals surface area contributed by atoms with E-state index in [9.17, 15) is 9.59 Å². The maximum atomic E-state index is 12.0. The van der Waals surface area contributed by atoms with Crippen LogP contribution >= 0.6 is 11.6 Å². The molecule has 1 heterocycles. The molecule has 0 saturated heterocycles. The number of aromatic nitrogens is 2. The zero-order chi connectivity index (χ0) is 18.4. The molecule has 0 saturated carbocycles. The Balaban J connectivity index is 1.71. The molecule has 8 heteroatoms. The van der Waals surface area contributed by atoms with E-state index < -0.39 is 18.5 Å². The standard InChI is InChI=1S/C17H20ClN3O4/c1-11-5-4-6-13(9-11)24-8-7-19-14(22)10-25-17(23)15-12(2)20-21(3)16(15)18/h4-6,9H,7-8,10H2,1-3H3,(H,19,22). The molecule has 2 aromatic rings. The molecule has 0 aliphatic heterocycles. The number of halogens is 1. The van der Waals surface area contributed by atoms with Gasteiger partial charge in [0.1, 0.15) is 23.1 Å². The maximum Gasteiger partial charge on any atom is 0.343 e. The molecule has 1 aromatic carbocycles. The Morgan fingerprint density at radius 3 is 2.72 bits per heavy atom. The topological polar surface area (TPSA) is 82.4 Å². The summed E-state index contributed by atoms with van der Waals surface area (Å²) < 4.78 is 11.9. The second kappa shape index (κ2) is 8.53. The summed E-state index contributed by atoms with van der Waals surface area (Å²) in [7, 11) is 1.62. The number of benzene rings is 1. The first-order valence-corrected chi connectivity index (χ1v) is 8.08. The number of nitrogens with one attached hydrogen (secondary N) is 1. The molecular formula is C17H20ClN3O4. The van der Waals surface area contributed by atoms with Gasteiger partial charge in [0.2, 0.25) is 0 Å². The molecule has 1 amide bonds. The quantitative estimate of drug-likeness (QED) is 0.599. The van der Waals surface area contributed by atoms with Crippen LogP contribution in [-0.2, 0) is 16.6 Å². The highest BCUT2D eigenvalue weighted by Crippen LogP contribution is 2.19. The molecule has 25 heavy (non-hydrogen) atoms. The number of aryl methyl sites for hydroxylation is 3. The predicted molar refractivity (Wildman–Crippen MR) is 92.9 cm³/mol. The van der Waals surface area contributed by atoms with Gasteiger partial charge in [-0.15, -0.1) is 0 Å². The first-order chi connectivity index (χ1) is 11.9. The van der Waals surface area contributed by atoms with E-state index in [0.29, 0.717) is 18.8 Å². The normalized spacial score (nSPS) is 10.4. The molecule has 0 spiro atoms. The van der Waals surface area contributed by atoms with Crippen molar-refractivity contribution in [3.05, 3.63) is 46.2 Å². The minimum Gasteiger partial charge on any atom is -0.492 e. The largest absolute Gasteiger partial charge is 0.492 e. The molecule has 0 unspecified atom stereocenters. The summed E-state index contributed by atoms with van der Waals surface area (Å²) >= 11 is 5.98. The van der Waals surface area contributed by atoms with Crippen LogP contribution in [0.4, 0.5) is 0 Å². The molecule has 2 rings (SSSR count). The Bertz CT molecular complexity index is 773. The lowest BCUT2D eigenvalue weighted by Crippen LogP contribution is -2.32. The van der Waals surface area contributed by atoms with Crippen LogP contribution in [0.1, 0.15) is 21.6 Å². The van der Waals surface area contributed by atoms with Crippen LogP contribution in [-0.4, -0.2) is 41.4 Å². The number of rotatable bonds is 7. The van der Waals surface area contributed by atoms with Gasteiger partial charge in [0.05, 0.1) is 12.2 Å². The minimum absolute atomic E-state index is 0.166. The highest BCUT2D eigenvalue weighted by atomic mass is 35.5. The van der Waals surface area contributed by atoms with Crippen LogP contribution in [0.3, 0.4) is 0 Å². The number of hydrogen-bond donors (Lipinski definition) is 1. The van der Waals surface area contributed by atoms with Crippen molar-refractivity contribution in [1.29, 1.82) is 0 Å². The van der Waals surface area contributed by atoms with E-state index in [1.165, 1.54) is 4.68 Å². The summed E-state index contributed by atoms with van der Waals surface area (Å²) in [6.45, 7) is 3.84. The summed E-state index contributed by atoms with van der Waals surface area (Å²) in [5.74, 6) is -0.358. The maximum absolute atomic E-state index is 12.0. The Morgan fingerprint density at radius 1 is 1.32 bits per heavy atom. The predicted octanol–water partition coefficient (Wildman–Crippen LogP) is 2.04. The van der Waals surface area contributed by atoms with Gasteiger partial charge in [-0.1, -0.05) is 23.7 Å². The molecule has 0 fully saturated rings. The number of amides is 1. The molecular weight excluding hydrogens is 346 g/mol. The molecule has 0 aliphatic carbocycles. The number of ether oxygens (including phenoxy) is 2. The van der Waals surface area contributed by atoms with Gasteiger partial charge in [-0.2, -0.15) is 5.10 Å². The molecule has 0 atom stereocenters. The van der Waals surface area contributed by atoms with E-state index in [2.05, 4.69) is 10.4 Å². The number of carbonyl (C=O) groups excluding carboxylic acids is 2. The highest BCUT2D eigenvalue weighted by Gasteiger charge is 2.21. The average Bonchev–Trinajstić information content (AvgIpc) is 2.82. The number of carbonyl (C=O) groups is 2. The Kier molecular flexibility index (Phi) is 6.41. The summed E-state index contributed by atoms with van der Waals surface area (Å²) in [5.41, 5.74) is 1.71. The van der Waals surface area contributed by atoms with Crippen LogP contribution in [0.2, 0.25) is 5.15 Å². The minimum atomic E-state index is -0.679. The Hall–Kier alpha value is -2.54. The zero-order valence-electron chi connectivity index (χ0n) is 14.3. The Morgan fingerprint density at radius 2 is 2.08 bits per heavy atom. The third-order valence-electron chi connectivity index (χ3n) is 3.37. The van der Waals surface area contributed by atoms with Crippen molar-refractivity contribution in [2.24, 2.45) is 7.05 Å². The second-order valence-corrected chi connectivity index (χ2v) is 5.82. The molecule has 7 nitrogen and oxygen atoms in total. The highest BCUT2D eigenvalue weighted by molar-refractivity contribution is 6.32. The van der Waals surface area contributed by atoms with Crippen molar-refractivity contribution in [2.75, 3.05) is 19.8 Å². The van der Waals surface area contributed by atoms with Crippen LogP contribution in [0.15, 0.2) is 24.3 Å². The van der Waals surface area contributed by atoms with E-state index in [-0.39, 0.29) is 10.7 Å². The van der Waals surface area contributed by atoms with E-state index in [1.807, 2.05) is 31.2 Å². The van der Waals surface area contributed by atoms with Crippen molar-refractivity contribution < 1.29 is 19.1 Å². The lowest BCUT2D eigenvalue weighted by molar-refractivity contribution is -0.124. The summed E-state index contributed by atoms with van der Waals surface area (Å²) in [6.07, 6.45) is 0. The number of hydrogen-bond acceptors (Lipinski definition) is 5. The summed E-state index contributed by atoms with van der Waals surface area (Å²) in [5, 5.41) is 6.81. The van der Waals surface area contributed by atoms with Crippen LogP contribution in [0, 0.1) is 13.8 Å². The average molecular weight is 366 g/mol. The van der Waals surface area contributed by atoms with Gasteiger partial charge in [-0.05, 0) is 31.5 Å². The lowest BCUT2D eigenvalue weighted by Gasteiger charge is -2.09. The van der Waals surface area contributed by atoms with Gasteiger partial charge in [0.25, 0.3) is 5.91 Å². The van der Waals surface area contributed by atoms with E-state index in [0.717, 1.165) is 11.3 Å². The molecule has 134 valence electrons. The van der Waals surface area contributed by atoms with Gasteiger partial charge >= 0.3 is 5.97 Å². The van der Waals surface area contributed by atoms with Crippen molar-refractivity contribution in [2.45, 2.75) is 13.8 Å². The van der Waals surface area contributed by atoms with E-state index in [4.69, 9.17) is 21.1 Å². The molecule has 0 radical (unpaired) electrons. The fraction of sp³-hybridized carbons (Fsp3) is 0.353. The summed E-state index contributed by atoms with van der Waals surface area (Å²) in [6, 6.07) is 7.62. The van der Waals surface area contributed by atoms with Crippen molar-refractivity contribution in [3.8, 4) is 5.75 Å². The third-order valence-corrected chi connectivity index (χ3v) is 3.81. The smallest absolute Gasteiger partial charge is 0.343 e. The van der Waals surface area contributed by atoms with Gasteiger partial charge in [-0.25, -0.2) is 4.79 Å². The third kappa shape index (κ3) is 5.22. The van der Waals surface area contributed by atoms with Crippen molar-refractivity contribution in [3.63, 3.8) is 0 Å². The van der Waals surface area contributed by atoms with Gasteiger partial charge in [0.15, 0.2) is 6.61 Å². The molecule has 1 N–H and O–H groups in total. The lowest BCUT2D eigenvalue weighted by atomic mass is 10.2. The first-order valence-electron chi connectivity index (χ1n) is 7.71. The summed E-state index contributed by atoms with van der Waals surface area (Å²) in [4.78, 5) is 23.7. The van der Waals surface area contributed by atoms with Gasteiger partial charge in [-0.3, -0.25) is 9.48 Å². The van der Waals surface area contributed by atoms with Crippen LogP contribution < -0.4 is 10.1 Å². The van der Waals surface area contributed by atoms with Gasteiger partial charge in [0, 0.05) is 7.05 Å². The number of esters is 1. The molecule has 0 aliphatic rings. The second-order valence-electron chi connectivity index (χ2n) is 5.47. The van der Waals surface area contributed by atoms with E-state index >= 15 is 0 Å². The van der Waals surface area contributed by atoms with E-state index in [1.54, 1.807) is 14.0 Å².